The molecule has 0 aliphatic carbocycles. The molecule has 0 radical (unpaired) electrons. The summed E-state index contributed by atoms with van der Waals surface area (Å²) in [6.45, 7) is 6.78. The maximum Gasteiger partial charge on any atom is 0.246 e. The highest BCUT2D eigenvalue weighted by Gasteiger charge is 2.14. The second-order valence-corrected chi connectivity index (χ2v) is 5.40. The van der Waals surface area contributed by atoms with E-state index in [1.165, 1.54) is 6.07 Å². The molecule has 0 aliphatic rings. The van der Waals surface area contributed by atoms with Gasteiger partial charge in [-0.2, -0.15) is 4.98 Å². The number of benzene rings is 1. The first-order valence-electron chi connectivity index (χ1n) is 7.08. The van der Waals surface area contributed by atoms with Gasteiger partial charge in [-0.05, 0) is 25.0 Å². The van der Waals surface area contributed by atoms with Crippen molar-refractivity contribution < 1.29 is 18.0 Å². The third-order valence-electron chi connectivity index (χ3n) is 2.89. The van der Waals surface area contributed by atoms with Gasteiger partial charge in [-0.1, -0.05) is 19.0 Å². The van der Waals surface area contributed by atoms with Crippen LogP contribution >= 0.6 is 0 Å². The van der Waals surface area contributed by atoms with E-state index in [-0.39, 0.29) is 12.6 Å². The Morgan fingerprint density at radius 3 is 2.68 bits per heavy atom. The standard InChI is InChI=1S/C15H19F2N3O2/c1-9(2)8-21-10(3)15-19-14(22-20-15)7-18-11-4-5-12(16)13(17)6-11/h4-6,9-10,18H,7-8H2,1-3H3/t10-/m0/s1. The Morgan fingerprint density at radius 1 is 1.23 bits per heavy atom. The fourth-order valence-corrected chi connectivity index (χ4v) is 1.70. The molecular formula is C15H19F2N3O2. The number of aromatic nitrogens is 2. The van der Waals surface area contributed by atoms with Crippen molar-refractivity contribution in [2.24, 2.45) is 5.92 Å². The molecule has 1 aromatic heterocycles. The van der Waals surface area contributed by atoms with E-state index in [0.29, 0.717) is 29.9 Å². The SMILES string of the molecule is CC(C)CO[C@@H](C)c1noc(CNc2ccc(F)c(F)c2)n1. The van der Waals surface area contributed by atoms with Crippen LogP contribution in [0.15, 0.2) is 22.7 Å². The van der Waals surface area contributed by atoms with Crippen molar-refractivity contribution in [1.29, 1.82) is 0 Å². The number of hydrogen-bond acceptors (Lipinski definition) is 5. The van der Waals surface area contributed by atoms with E-state index >= 15 is 0 Å². The number of rotatable bonds is 7. The Labute approximate surface area is 127 Å². The number of nitrogens with zero attached hydrogens (tertiary/aromatic N) is 2. The molecule has 1 atom stereocenters. The Bertz CT molecular complexity index is 617. The lowest BCUT2D eigenvalue weighted by molar-refractivity contribution is 0.0402. The molecule has 2 rings (SSSR count). The minimum atomic E-state index is -0.910. The smallest absolute Gasteiger partial charge is 0.246 e. The van der Waals surface area contributed by atoms with Crippen LogP contribution in [0.1, 0.15) is 38.6 Å². The van der Waals surface area contributed by atoms with Gasteiger partial charge in [0.05, 0.1) is 6.54 Å². The summed E-state index contributed by atoms with van der Waals surface area (Å²) in [6, 6.07) is 3.56. The lowest BCUT2D eigenvalue weighted by atomic mass is 10.2. The van der Waals surface area contributed by atoms with Crippen LogP contribution in [0.5, 0.6) is 0 Å². The molecule has 1 heterocycles. The van der Waals surface area contributed by atoms with E-state index in [1.54, 1.807) is 0 Å². The van der Waals surface area contributed by atoms with Crippen molar-refractivity contribution >= 4 is 5.69 Å². The third-order valence-corrected chi connectivity index (χ3v) is 2.89. The number of hydrogen-bond donors (Lipinski definition) is 1. The Morgan fingerprint density at radius 2 is 2.00 bits per heavy atom. The van der Waals surface area contributed by atoms with Crippen molar-refractivity contribution in [3.05, 3.63) is 41.5 Å². The molecule has 1 aromatic carbocycles. The molecule has 0 spiro atoms. The average molecular weight is 311 g/mol. The molecule has 120 valence electrons. The van der Waals surface area contributed by atoms with E-state index in [0.717, 1.165) is 12.1 Å². The largest absolute Gasteiger partial charge is 0.376 e. The first-order chi connectivity index (χ1) is 10.5. The number of ether oxygens (including phenoxy) is 1. The normalized spacial score (nSPS) is 12.6. The van der Waals surface area contributed by atoms with Gasteiger partial charge >= 0.3 is 0 Å². The third kappa shape index (κ3) is 4.49. The minimum Gasteiger partial charge on any atom is -0.376 e. The van der Waals surface area contributed by atoms with Crippen LogP contribution in [0.4, 0.5) is 14.5 Å². The predicted octanol–water partition coefficient (Wildman–Crippen LogP) is 3.69. The van der Waals surface area contributed by atoms with Crippen LogP contribution in [0, 0.1) is 17.6 Å². The molecule has 5 nitrogen and oxygen atoms in total. The Kier molecular flexibility index (Phi) is 5.43. The van der Waals surface area contributed by atoms with Crippen molar-refractivity contribution in [1.82, 2.24) is 10.1 Å². The summed E-state index contributed by atoms with van der Waals surface area (Å²) in [6.07, 6.45) is -0.261. The van der Waals surface area contributed by atoms with Gasteiger partial charge in [0.1, 0.15) is 6.10 Å². The lowest BCUT2D eigenvalue weighted by Gasteiger charge is -2.10. The summed E-state index contributed by atoms with van der Waals surface area (Å²) < 4.78 is 36.6. The van der Waals surface area contributed by atoms with Crippen LogP contribution in [0.25, 0.3) is 0 Å². The van der Waals surface area contributed by atoms with Gasteiger partial charge in [0.15, 0.2) is 17.5 Å². The summed E-state index contributed by atoms with van der Waals surface area (Å²) in [5, 5.41) is 6.74. The zero-order valence-corrected chi connectivity index (χ0v) is 12.8. The number of halogens is 2. The monoisotopic (exact) mass is 311 g/mol. The van der Waals surface area contributed by atoms with Crippen LogP contribution in [0.2, 0.25) is 0 Å². The highest BCUT2D eigenvalue weighted by molar-refractivity contribution is 5.43. The fourth-order valence-electron chi connectivity index (χ4n) is 1.70. The number of anilines is 1. The van der Waals surface area contributed by atoms with E-state index < -0.39 is 11.6 Å². The molecule has 0 fully saturated rings. The predicted molar refractivity (Wildman–Crippen MR) is 77.2 cm³/mol. The van der Waals surface area contributed by atoms with Gasteiger partial charge in [0.2, 0.25) is 5.89 Å². The zero-order valence-electron chi connectivity index (χ0n) is 12.8. The van der Waals surface area contributed by atoms with Gasteiger partial charge < -0.3 is 14.6 Å². The zero-order chi connectivity index (χ0) is 16.1. The average Bonchev–Trinajstić information content (AvgIpc) is 2.95. The second-order valence-electron chi connectivity index (χ2n) is 5.40. The van der Waals surface area contributed by atoms with E-state index in [1.807, 2.05) is 6.92 Å². The quantitative estimate of drug-likeness (QED) is 0.845. The fraction of sp³-hybridized carbons (Fsp3) is 0.467. The molecule has 0 aliphatic heterocycles. The molecule has 0 amide bonds. The first kappa shape index (κ1) is 16.4. The molecule has 7 heteroatoms. The molecule has 1 N–H and O–H groups in total. The Hall–Kier alpha value is -2.02. The maximum absolute atomic E-state index is 13.1. The van der Waals surface area contributed by atoms with Crippen molar-refractivity contribution in [2.45, 2.75) is 33.4 Å². The first-order valence-corrected chi connectivity index (χ1v) is 7.08. The van der Waals surface area contributed by atoms with Crippen molar-refractivity contribution in [2.75, 3.05) is 11.9 Å². The topological polar surface area (TPSA) is 60.2 Å². The molecule has 0 bridgehead atoms. The molecule has 0 unspecified atom stereocenters. The van der Waals surface area contributed by atoms with Gasteiger partial charge in [-0.3, -0.25) is 0 Å². The molecule has 22 heavy (non-hydrogen) atoms. The molecule has 0 saturated heterocycles. The minimum absolute atomic E-state index is 0.217. The van der Waals surface area contributed by atoms with Crippen molar-refractivity contribution in [3.63, 3.8) is 0 Å². The van der Waals surface area contributed by atoms with Crippen molar-refractivity contribution in [3.8, 4) is 0 Å². The summed E-state index contributed by atoms with van der Waals surface area (Å²) in [5.41, 5.74) is 0.433. The van der Waals surface area contributed by atoms with Gasteiger partial charge in [-0.25, -0.2) is 8.78 Å². The summed E-state index contributed by atoms with van der Waals surface area (Å²) in [5.74, 6) is -0.569. The van der Waals surface area contributed by atoms with E-state index in [2.05, 4.69) is 29.3 Å². The molecular weight excluding hydrogens is 292 g/mol. The second kappa shape index (κ2) is 7.31. The Balaban J connectivity index is 1.90. The van der Waals surface area contributed by atoms with Crippen LogP contribution in [-0.4, -0.2) is 16.7 Å². The van der Waals surface area contributed by atoms with E-state index in [9.17, 15) is 8.78 Å². The number of nitrogens with one attached hydrogen (secondary N) is 1. The van der Waals surface area contributed by atoms with E-state index in [4.69, 9.17) is 9.26 Å². The van der Waals surface area contributed by atoms with Crippen LogP contribution in [-0.2, 0) is 11.3 Å². The maximum atomic E-state index is 13.1. The summed E-state index contributed by atoms with van der Waals surface area (Å²) in [4.78, 5) is 4.21. The highest BCUT2D eigenvalue weighted by Crippen LogP contribution is 2.16. The van der Waals surface area contributed by atoms with Gasteiger partial charge in [-0.15, -0.1) is 0 Å². The molecule has 0 saturated carbocycles. The van der Waals surface area contributed by atoms with Gasteiger partial charge in [0.25, 0.3) is 0 Å². The highest BCUT2D eigenvalue weighted by atomic mass is 19.2. The summed E-state index contributed by atoms with van der Waals surface area (Å²) in [7, 11) is 0. The van der Waals surface area contributed by atoms with Crippen LogP contribution < -0.4 is 5.32 Å². The lowest BCUT2D eigenvalue weighted by Crippen LogP contribution is -2.08. The molecule has 2 aromatic rings. The summed E-state index contributed by atoms with van der Waals surface area (Å²) >= 11 is 0. The van der Waals surface area contributed by atoms with Gasteiger partial charge in [0, 0.05) is 18.4 Å². The van der Waals surface area contributed by atoms with Crippen LogP contribution in [0.3, 0.4) is 0 Å².